The van der Waals surface area contributed by atoms with Gasteiger partial charge in [0.25, 0.3) is 0 Å². The van der Waals surface area contributed by atoms with Gasteiger partial charge in [-0.3, -0.25) is 9.59 Å². The molecular formula is C56H101NO5. The smallest absolute Gasteiger partial charge is 0.306 e. The highest BCUT2D eigenvalue weighted by atomic mass is 16.5. The molecule has 0 aliphatic rings. The number of aliphatic hydroxyl groups excluding tert-OH is 2. The van der Waals surface area contributed by atoms with E-state index in [1.165, 1.54) is 141 Å². The van der Waals surface area contributed by atoms with E-state index in [-0.39, 0.29) is 24.9 Å². The van der Waals surface area contributed by atoms with Gasteiger partial charge in [-0.25, -0.2) is 0 Å². The Kier molecular flexibility index (Phi) is 47.6. The Balaban J connectivity index is 4.61. The van der Waals surface area contributed by atoms with Gasteiger partial charge in [-0.1, -0.05) is 230 Å². The number of carbonyl (C=O) groups excluding carboxylic acids is 2. The number of allylic oxidation sites excluding steroid dienone is 9. The van der Waals surface area contributed by atoms with Gasteiger partial charge in [0.15, 0.2) is 0 Å². The fourth-order valence-corrected chi connectivity index (χ4v) is 7.76. The molecule has 0 aromatic carbocycles. The lowest BCUT2D eigenvalue weighted by atomic mass is 10.0. The minimum absolute atomic E-state index is 0.0385. The monoisotopic (exact) mass is 868 g/mol. The molecule has 0 aromatic rings. The van der Waals surface area contributed by atoms with E-state index in [0.29, 0.717) is 19.3 Å². The van der Waals surface area contributed by atoms with Crippen molar-refractivity contribution in [2.75, 3.05) is 6.61 Å². The van der Waals surface area contributed by atoms with Crippen molar-refractivity contribution >= 4 is 11.9 Å². The molecule has 3 unspecified atom stereocenters. The molecule has 360 valence electrons. The van der Waals surface area contributed by atoms with Crippen molar-refractivity contribution in [3.8, 4) is 0 Å². The van der Waals surface area contributed by atoms with Crippen LogP contribution in [0.15, 0.2) is 60.8 Å². The lowest BCUT2D eigenvalue weighted by Crippen LogP contribution is -2.46. The fourth-order valence-electron chi connectivity index (χ4n) is 7.76. The van der Waals surface area contributed by atoms with E-state index in [0.717, 1.165) is 70.6 Å². The molecular weight excluding hydrogens is 767 g/mol. The molecule has 1 amide bonds. The topological polar surface area (TPSA) is 95.9 Å². The number of ether oxygens (including phenoxy) is 1. The van der Waals surface area contributed by atoms with Crippen LogP contribution in [0, 0.1) is 0 Å². The van der Waals surface area contributed by atoms with Crippen LogP contribution in [0.5, 0.6) is 0 Å². The minimum Gasteiger partial charge on any atom is -0.458 e. The van der Waals surface area contributed by atoms with E-state index < -0.39 is 18.2 Å². The molecule has 3 N–H and O–H groups in total. The SMILES string of the molecule is CCCCC/C=C\C/C=C\C/C=C\CCCCCCC(=O)OC(/C=C/C/C=C\CCCCCCCC)CC(=O)NC(CO)C(O)CCCCCCCCCCCCCCCCC. The lowest BCUT2D eigenvalue weighted by molar-refractivity contribution is -0.148. The third-order valence-corrected chi connectivity index (χ3v) is 11.8. The molecule has 0 bridgehead atoms. The number of carbonyl (C=O) groups is 2. The Bertz CT molecular complexity index is 1110. The van der Waals surface area contributed by atoms with Crippen molar-refractivity contribution in [3.63, 3.8) is 0 Å². The van der Waals surface area contributed by atoms with Crippen LogP contribution in [-0.2, 0) is 14.3 Å². The van der Waals surface area contributed by atoms with Crippen molar-refractivity contribution in [1.29, 1.82) is 0 Å². The van der Waals surface area contributed by atoms with Gasteiger partial charge in [-0.2, -0.15) is 0 Å². The number of unbranched alkanes of at least 4 members (excludes halogenated alkanes) is 27. The van der Waals surface area contributed by atoms with Gasteiger partial charge < -0.3 is 20.3 Å². The predicted molar refractivity (Wildman–Crippen MR) is 268 cm³/mol. The molecule has 3 atom stereocenters. The summed E-state index contributed by atoms with van der Waals surface area (Å²) in [5, 5.41) is 23.7. The van der Waals surface area contributed by atoms with E-state index >= 15 is 0 Å². The van der Waals surface area contributed by atoms with E-state index in [4.69, 9.17) is 4.74 Å². The van der Waals surface area contributed by atoms with Gasteiger partial charge in [-0.15, -0.1) is 0 Å². The molecule has 0 aliphatic carbocycles. The molecule has 0 heterocycles. The van der Waals surface area contributed by atoms with Gasteiger partial charge in [0.1, 0.15) is 6.10 Å². The number of nitrogens with one attached hydrogen (secondary N) is 1. The lowest BCUT2D eigenvalue weighted by Gasteiger charge is -2.23. The molecule has 0 aliphatic heterocycles. The summed E-state index contributed by atoms with van der Waals surface area (Å²) < 4.78 is 5.82. The summed E-state index contributed by atoms with van der Waals surface area (Å²) in [7, 11) is 0. The molecule has 0 saturated carbocycles. The average molecular weight is 868 g/mol. The molecule has 6 nitrogen and oxygen atoms in total. The number of esters is 1. The molecule has 62 heavy (non-hydrogen) atoms. The van der Waals surface area contributed by atoms with Gasteiger partial charge in [0.05, 0.1) is 25.2 Å². The van der Waals surface area contributed by atoms with Crippen molar-refractivity contribution in [2.24, 2.45) is 0 Å². The van der Waals surface area contributed by atoms with Gasteiger partial charge in [0.2, 0.25) is 5.91 Å². The number of amides is 1. The molecule has 6 heteroatoms. The normalized spacial score (nSPS) is 13.7. The Morgan fingerprint density at radius 1 is 0.484 bits per heavy atom. The fraction of sp³-hybridized carbons (Fsp3) is 0.786. The van der Waals surface area contributed by atoms with Crippen LogP contribution in [0.3, 0.4) is 0 Å². The molecule has 0 radical (unpaired) electrons. The highest BCUT2D eigenvalue weighted by Crippen LogP contribution is 2.16. The molecule has 0 aromatic heterocycles. The molecule has 0 rings (SSSR count). The summed E-state index contributed by atoms with van der Waals surface area (Å²) in [6.45, 7) is 6.42. The standard InChI is InChI=1S/C56H101NO5/c1-4-7-10-13-16-19-22-24-26-27-29-31-34-37-40-43-46-49-56(61)62-52(47-44-41-38-35-32-21-18-15-12-9-6-3)50-55(60)57-53(51-58)54(59)48-45-42-39-36-33-30-28-25-23-20-17-14-11-8-5-2/h16,19,24,26,29,31,35,38,44,47,52-54,58-59H,4-15,17-18,20-23,25,27-28,30,32-34,36-37,39-43,45-46,48-51H2,1-3H3,(H,57,60)/b19-16-,26-24-,31-29-,38-35-,47-44+. The summed E-state index contributed by atoms with van der Waals surface area (Å²) in [6, 6.07) is -0.738. The Hall–Kier alpha value is -2.44. The number of hydrogen-bond acceptors (Lipinski definition) is 5. The largest absolute Gasteiger partial charge is 0.458 e. The molecule has 0 saturated heterocycles. The highest BCUT2D eigenvalue weighted by molar-refractivity contribution is 5.78. The van der Waals surface area contributed by atoms with E-state index in [1.54, 1.807) is 0 Å². The Labute approximate surface area is 384 Å². The van der Waals surface area contributed by atoms with Crippen LogP contribution in [0.4, 0.5) is 0 Å². The van der Waals surface area contributed by atoms with Crippen molar-refractivity contribution in [3.05, 3.63) is 60.8 Å². The van der Waals surface area contributed by atoms with Crippen molar-refractivity contribution < 1.29 is 24.5 Å². The van der Waals surface area contributed by atoms with Crippen LogP contribution in [0.2, 0.25) is 0 Å². The second kappa shape index (κ2) is 49.6. The van der Waals surface area contributed by atoms with Crippen LogP contribution >= 0.6 is 0 Å². The number of aliphatic hydroxyl groups is 2. The van der Waals surface area contributed by atoms with E-state index in [1.807, 2.05) is 12.2 Å². The van der Waals surface area contributed by atoms with Crippen LogP contribution < -0.4 is 5.32 Å². The first-order valence-corrected chi connectivity index (χ1v) is 26.5. The third kappa shape index (κ3) is 44.2. The van der Waals surface area contributed by atoms with E-state index in [9.17, 15) is 19.8 Å². The van der Waals surface area contributed by atoms with Gasteiger partial charge >= 0.3 is 5.97 Å². The first-order chi connectivity index (χ1) is 30.5. The zero-order valence-electron chi connectivity index (χ0n) is 41.0. The summed E-state index contributed by atoms with van der Waals surface area (Å²) >= 11 is 0. The van der Waals surface area contributed by atoms with Crippen LogP contribution in [-0.4, -0.2) is 46.9 Å². The predicted octanol–water partition coefficient (Wildman–Crippen LogP) is 16.0. The first kappa shape index (κ1) is 59.6. The maximum absolute atomic E-state index is 13.2. The molecule has 0 spiro atoms. The average Bonchev–Trinajstić information content (AvgIpc) is 3.26. The first-order valence-electron chi connectivity index (χ1n) is 26.5. The Morgan fingerprint density at radius 2 is 0.855 bits per heavy atom. The second-order valence-electron chi connectivity index (χ2n) is 17.9. The van der Waals surface area contributed by atoms with Crippen molar-refractivity contribution in [1.82, 2.24) is 5.32 Å². The highest BCUT2D eigenvalue weighted by Gasteiger charge is 2.23. The zero-order chi connectivity index (χ0) is 45.2. The van der Waals surface area contributed by atoms with Gasteiger partial charge in [0, 0.05) is 6.42 Å². The summed E-state index contributed by atoms with van der Waals surface area (Å²) in [4.78, 5) is 26.1. The molecule has 0 fully saturated rings. The number of hydrogen-bond donors (Lipinski definition) is 3. The minimum atomic E-state index is -0.816. The van der Waals surface area contributed by atoms with Crippen LogP contribution in [0.1, 0.15) is 258 Å². The maximum atomic E-state index is 13.2. The quantitative estimate of drug-likeness (QED) is 0.0322. The summed E-state index contributed by atoms with van der Waals surface area (Å²) in [5.41, 5.74) is 0. The van der Waals surface area contributed by atoms with E-state index in [2.05, 4.69) is 74.7 Å². The summed E-state index contributed by atoms with van der Waals surface area (Å²) in [6.07, 6.45) is 61.7. The Morgan fingerprint density at radius 3 is 1.32 bits per heavy atom. The number of rotatable bonds is 47. The van der Waals surface area contributed by atoms with Gasteiger partial charge in [-0.05, 0) is 76.7 Å². The summed E-state index contributed by atoms with van der Waals surface area (Å²) in [5.74, 6) is -0.626. The third-order valence-electron chi connectivity index (χ3n) is 11.8. The second-order valence-corrected chi connectivity index (χ2v) is 17.9. The zero-order valence-corrected chi connectivity index (χ0v) is 41.0. The maximum Gasteiger partial charge on any atom is 0.306 e. The van der Waals surface area contributed by atoms with Crippen LogP contribution in [0.25, 0.3) is 0 Å². The van der Waals surface area contributed by atoms with Crippen molar-refractivity contribution in [2.45, 2.75) is 277 Å².